The molecule has 5 heteroatoms. The van der Waals surface area contributed by atoms with E-state index < -0.39 is 0 Å². The molecule has 1 aromatic carbocycles. The van der Waals surface area contributed by atoms with Crippen LogP contribution in [0.2, 0.25) is 0 Å². The zero-order chi connectivity index (χ0) is 21.4. The van der Waals surface area contributed by atoms with E-state index in [2.05, 4.69) is 24.0 Å². The summed E-state index contributed by atoms with van der Waals surface area (Å²) in [6.45, 7) is 8.42. The van der Waals surface area contributed by atoms with Crippen LogP contribution in [0.25, 0.3) is 11.3 Å². The summed E-state index contributed by atoms with van der Waals surface area (Å²) in [5, 5.41) is 8.46. The first kappa shape index (κ1) is 24.1. The monoisotopic (exact) mass is 414 g/mol. The lowest BCUT2D eigenvalue weighted by molar-refractivity contribution is 0.0295. The van der Waals surface area contributed by atoms with Gasteiger partial charge in [-0.15, -0.1) is 10.2 Å². The molecule has 0 bridgehead atoms. The van der Waals surface area contributed by atoms with E-state index >= 15 is 0 Å². The van der Waals surface area contributed by atoms with Crippen molar-refractivity contribution in [3.8, 4) is 22.9 Å². The van der Waals surface area contributed by atoms with Gasteiger partial charge in [-0.25, -0.2) is 0 Å². The number of rotatable bonds is 16. The van der Waals surface area contributed by atoms with Crippen molar-refractivity contribution >= 4 is 0 Å². The molecule has 0 aliphatic rings. The number of nitrogens with zero attached hydrogens (tertiary/aromatic N) is 2. The fraction of sp³-hybridized carbons (Fsp3) is 0.600. The first-order valence-corrected chi connectivity index (χ1v) is 11.5. The average molecular weight is 415 g/mol. The molecule has 1 atom stereocenters. The fourth-order valence-electron chi connectivity index (χ4n) is 3.03. The Labute approximate surface area is 182 Å². The molecule has 0 radical (unpaired) electrons. The SMILES string of the molecule is CCCCCCCCOc1ccc(-c2ccc(OCC(C)OCCCC)nn2)cc1. The Kier molecular flexibility index (Phi) is 11.9. The van der Waals surface area contributed by atoms with E-state index in [-0.39, 0.29) is 6.10 Å². The molecule has 2 rings (SSSR count). The van der Waals surface area contributed by atoms with Crippen LogP contribution in [-0.4, -0.2) is 36.1 Å². The van der Waals surface area contributed by atoms with Crippen molar-refractivity contribution in [2.24, 2.45) is 0 Å². The number of aromatic nitrogens is 2. The molecule has 1 aromatic heterocycles. The number of hydrogen-bond acceptors (Lipinski definition) is 5. The largest absolute Gasteiger partial charge is 0.494 e. The third kappa shape index (κ3) is 9.57. The summed E-state index contributed by atoms with van der Waals surface area (Å²) < 4.78 is 17.2. The maximum absolute atomic E-state index is 5.84. The van der Waals surface area contributed by atoms with Crippen molar-refractivity contribution < 1.29 is 14.2 Å². The first-order valence-electron chi connectivity index (χ1n) is 11.5. The van der Waals surface area contributed by atoms with Gasteiger partial charge in [0.1, 0.15) is 12.4 Å². The van der Waals surface area contributed by atoms with Gasteiger partial charge in [0.15, 0.2) is 0 Å². The molecule has 0 saturated heterocycles. The fourth-order valence-corrected chi connectivity index (χ4v) is 3.03. The molecular weight excluding hydrogens is 376 g/mol. The van der Waals surface area contributed by atoms with Crippen LogP contribution in [0.1, 0.15) is 72.1 Å². The van der Waals surface area contributed by atoms with Gasteiger partial charge in [0.05, 0.1) is 18.4 Å². The average Bonchev–Trinajstić information content (AvgIpc) is 2.78. The summed E-state index contributed by atoms with van der Waals surface area (Å²) in [7, 11) is 0. The van der Waals surface area contributed by atoms with Crippen LogP contribution in [0.3, 0.4) is 0 Å². The summed E-state index contributed by atoms with van der Waals surface area (Å²) >= 11 is 0. The van der Waals surface area contributed by atoms with Crippen LogP contribution in [0.15, 0.2) is 36.4 Å². The van der Waals surface area contributed by atoms with Gasteiger partial charge in [-0.1, -0.05) is 52.4 Å². The van der Waals surface area contributed by atoms with Crippen LogP contribution in [0.4, 0.5) is 0 Å². The van der Waals surface area contributed by atoms with Gasteiger partial charge in [0, 0.05) is 18.2 Å². The topological polar surface area (TPSA) is 53.5 Å². The molecule has 2 aromatic rings. The summed E-state index contributed by atoms with van der Waals surface area (Å²) in [4.78, 5) is 0. The van der Waals surface area contributed by atoms with Crippen molar-refractivity contribution in [1.82, 2.24) is 10.2 Å². The second kappa shape index (κ2) is 14.8. The number of unbranched alkanes of at least 4 members (excludes halogenated alkanes) is 6. The van der Waals surface area contributed by atoms with E-state index in [9.17, 15) is 0 Å². The minimum atomic E-state index is 0.0434. The zero-order valence-corrected chi connectivity index (χ0v) is 18.9. The van der Waals surface area contributed by atoms with Crippen LogP contribution >= 0.6 is 0 Å². The Hall–Kier alpha value is -2.14. The van der Waals surface area contributed by atoms with Gasteiger partial charge in [-0.2, -0.15) is 0 Å². The Morgan fingerprint density at radius 3 is 2.17 bits per heavy atom. The van der Waals surface area contributed by atoms with Gasteiger partial charge in [0.2, 0.25) is 5.88 Å². The Balaban J connectivity index is 1.71. The van der Waals surface area contributed by atoms with Crippen LogP contribution in [0.5, 0.6) is 11.6 Å². The van der Waals surface area contributed by atoms with E-state index in [1.165, 1.54) is 32.1 Å². The minimum absolute atomic E-state index is 0.0434. The molecule has 166 valence electrons. The molecule has 0 saturated carbocycles. The molecule has 1 unspecified atom stereocenters. The normalized spacial score (nSPS) is 12.0. The van der Waals surface area contributed by atoms with Gasteiger partial charge in [-0.05, 0) is 50.1 Å². The molecule has 0 N–H and O–H groups in total. The summed E-state index contributed by atoms with van der Waals surface area (Å²) in [6.07, 6.45) is 9.87. The predicted molar refractivity (Wildman–Crippen MR) is 122 cm³/mol. The lowest BCUT2D eigenvalue weighted by atomic mass is 10.1. The van der Waals surface area contributed by atoms with Gasteiger partial charge in [0.25, 0.3) is 0 Å². The predicted octanol–water partition coefficient (Wildman–Crippen LogP) is 6.47. The summed E-state index contributed by atoms with van der Waals surface area (Å²) in [5.41, 5.74) is 1.83. The van der Waals surface area contributed by atoms with Crippen molar-refractivity contribution in [3.63, 3.8) is 0 Å². The molecule has 0 amide bonds. The second-order valence-electron chi connectivity index (χ2n) is 7.74. The molecule has 0 aliphatic heterocycles. The van der Waals surface area contributed by atoms with Gasteiger partial charge in [-0.3, -0.25) is 0 Å². The lowest BCUT2D eigenvalue weighted by Gasteiger charge is -2.13. The maximum atomic E-state index is 5.84. The maximum Gasteiger partial charge on any atom is 0.233 e. The third-order valence-electron chi connectivity index (χ3n) is 4.92. The van der Waals surface area contributed by atoms with Gasteiger partial charge >= 0.3 is 0 Å². The number of hydrogen-bond donors (Lipinski definition) is 0. The van der Waals surface area contributed by atoms with Gasteiger partial charge < -0.3 is 14.2 Å². The van der Waals surface area contributed by atoms with Crippen LogP contribution in [-0.2, 0) is 4.74 Å². The first-order chi connectivity index (χ1) is 14.7. The Bertz CT molecular complexity index is 674. The van der Waals surface area contributed by atoms with E-state index in [4.69, 9.17) is 14.2 Å². The van der Waals surface area contributed by atoms with E-state index in [0.717, 1.165) is 49.5 Å². The van der Waals surface area contributed by atoms with Crippen LogP contribution in [0, 0.1) is 0 Å². The zero-order valence-electron chi connectivity index (χ0n) is 18.9. The highest BCUT2D eigenvalue weighted by molar-refractivity contribution is 5.59. The molecular formula is C25H38N2O3. The Morgan fingerprint density at radius 1 is 0.733 bits per heavy atom. The number of ether oxygens (including phenoxy) is 3. The molecule has 0 fully saturated rings. The van der Waals surface area contributed by atoms with Crippen molar-refractivity contribution in [3.05, 3.63) is 36.4 Å². The van der Waals surface area contributed by atoms with Crippen molar-refractivity contribution in [1.29, 1.82) is 0 Å². The smallest absolute Gasteiger partial charge is 0.233 e. The molecule has 0 aliphatic carbocycles. The minimum Gasteiger partial charge on any atom is -0.494 e. The molecule has 0 spiro atoms. The van der Waals surface area contributed by atoms with E-state index in [1.54, 1.807) is 0 Å². The number of benzene rings is 1. The second-order valence-corrected chi connectivity index (χ2v) is 7.74. The Morgan fingerprint density at radius 2 is 1.47 bits per heavy atom. The van der Waals surface area contributed by atoms with E-state index in [0.29, 0.717) is 12.5 Å². The standard InChI is InChI=1S/C25H38N2O3/c1-4-6-8-9-10-11-19-29-23-14-12-22(13-15-23)24-16-17-25(27-26-24)30-20-21(3)28-18-7-5-2/h12-17,21H,4-11,18-20H2,1-3H3. The lowest BCUT2D eigenvalue weighted by Crippen LogP contribution is -2.19. The van der Waals surface area contributed by atoms with E-state index in [1.807, 2.05) is 43.3 Å². The third-order valence-corrected chi connectivity index (χ3v) is 4.92. The highest BCUT2D eigenvalue weighted by Crippen LogP contribution is 2.21. The quantitative estimate of drug-likeness (QED) is 0.295. The van der Waals surface area contributed by atoms with Crippen LogP contribution < -0.4 is 9.47 Å². The highest BCUT2D eigenvalue weighted by Gasteiger charge is 2.06. The summed E-state index contributed by atoms with van der Waals surface area (Å²) in [6, 6.07) is 11.8. The summed E-state index contributed by atoms with van der Waals surface area (Å²) in [5.74, 6) is 1.42. The highest BCUT2D eigenvalue weighted by atomic mass is 16.5. The molecule has 5 nitrogen and oxygen atoms in total. The molecule has 1 heterocycles. The van der Waals surface area contributed by atoms with Crippen molar-refractivity contribution in [2.45, 2.75) is 78.2 Å². The van der Waals surface area contributed by atoms with Crippen molar-refractivity contribution in [2.75, 3.05) is 19.8 Å². The molecule has 30 heavy (non-hydrogen) atoms.